The number of cyclic esters (lactones) is 2. The Morgan fingerprint density at radius 2 is 1.94 bits per heavy atom. The van der Waals surface area contributed by atoms with Crippen LogP contribution in [0.1, 0.15) is 32.4 Å². The second-order valence-corrected chi connectivity index (χ2v) is 10.3. The Labute approximate surface area is 189 Å². The Morgan fingerprint density at radius 1 is 1.25 bits per heavy atom. The van der Waals surface area contributed by atoms with Crippen LogP contribution in [0, 0.1) is 0 Å². The van der Waals surface area contributed by atoms with Crippen LogP contribution in [0.15, 0.2) is 30.3 Å². The summed E-state index contributed by atoms with van der Waals surface area (Å²) in [6.07, 6.45) is -2.04. The number of esters is 1. The van der Waals surface area contributed by atoms with E-state index in [1.54, 1.807) is 31.2 Å². The quantitative estimate of drug-likeness (QED) is 0.461. The molecule has 172 valence electrons. The fraction of sp³-hybridized carbons (Fsp3) is 0.524. The molecule has 0 radical (unpaired) electrons. The van der Waals surface area contributed by atoms with Crippen molar-refractivity contribution in [2.45, 2.75) is 61.2 Å². The van der Waals surface area contributed by atoms with E-state index < -0.39 is 58.5 Å². The molecule has 1 aromatic rings. The zero-order valence-electron chi connectivity index (χ0n) is 17.8. The van der Waals surface area contributed by atoms with Gasteiger partial charge >= 0.3 is 12.1 Å². The molecule has 0 aliphatic carbocycles. The summed E-state index contributed by atoms with van der Waals surface area (Å²) < 4.78 is 14.5. The Hall–Kier alpha value is -2.79. The molecule has 3 aliphatic heterocycles. The summed E-state index contributed by atoms with van der Waals surface area (Å²) in [4.78, 5) is 50.9. The average molecular weight is 464 g/mol. The molecule has 11 heteroatoms. The summed E-state index contributed by atoms with van der Waals surface area (Å²) in [5, 5.41) is 2.31. The topological polar surface area (TPSA) is 137 Å². The van der Waals surface area contributed by atoms with E-state index in [0.29, 0.717) is 5.56 Å². The molecule has 0 spiro atoms. The number of carbonyl (C=O) groups excluding carboxylic acids is 4. The number of hydrogen-bond donors (Lipinski definition) is 2. The van der Waals surface area contributed by atoms with Gasteiger partial charge in [0.25, 0.3) is 0 Å². The van der Waals surface area contributed by atoms with Gasteiger partial charge in [-0.2, -0.15) is 0 Å². The van der Waals surface area contributed by atoms with E-state index in [1.807, 2.05) is 19.9 Å². The van der Waals surface area contributed by atoms with Crippen molar-refractivity contribution in [1.29, 1.82) is 0 Å². The molecule has 32 heavy (non-hydrogen) atoms. The van der Waals surface area contributed by atoms with Crippen molar-refractivity contribution in [3.8, 4) is 0 Å². The maximum atomic E-state index is 12.9. The molecule has 2 amide bonds. The first kappa shape index (κ1) is 22.4. The zero-order valence-corrected chi connectivity index (χ0v) is 18.7. The maximum Gasteiger partial charge on any atom is 0.509 e. The van der Waals surface area contributed by atoms with Gasteiger partial charge in [0.2, 0.25) is 11.8 Å². The average Bonchev–Trinajstić information content (AvgIpc) is 3.22. The summed E-state index contributed by atoms with van der Waals surface area (Å²) in [5.74, 6) is -1.43. The first-order valence-corrected chi connectivity index (χ1v) is 11.1. The van der Waals surface area contributed by atoms with Crippen LogP contribution in [-0.2, 0) is 28.6 Å². The predicted octanol–water partition coefficient (Wildman–Crippen LogP) is 0.701. The van der Waals surface area contributed by atoms with Gasteiger partial charge in [0.15, 0.2) is 6.10 Å². The highest BCUT2D eigenvalue weighted by Gasteiger charge is 2.64. The van der Waals surface area contributed by atoms with Crippen molar-refractivity contribution in [2.75, 3.05) is 6.61 Å². The van der Waals surface area contributed by atoms with E-state index in [2.05, 4.69) is 5.32 Å². The van der Waals surface area contributed by atoms with Gasteiger partial charge in [0.05, 0.1) is 0 Å². The Morgan fingerprint density at radius 3 is 2.56 bits per heavy atom. The lowest BCUT2D eigenvalue weighted by molar-refractivity contribution is -0.166. The molecule has 4 rings (SSSR count). The van der Waals surface area contributed by atoms with Crippen LogP contribution in [-0.4, -0.2) is 69.9 Å². The molecule has 3 saturated heterocycles. The summed E-state index contributed by atoms with van der Waals surface area (Å²) in [6, 6.07) is 6.35. The van der Waals surface area contributed by atoms with Gasteiger partial charge in [-0.05, 0) is 26.3 Å². The second-order valence-electron chi connectivity index (χ2n) is 8.49. The third kappa shape index (κ3) is 3.90. The number of hydrogen-bond acceptors (Lipinski definition) is 9. The molecule has 3 heterocycles. The number of amides is 2. The van der Waals surface area contributed by atoms with E-state index in [9.17, 15) is 19.2 Å². The van der Waals surface area contributed by atoms with Crippen LogP contribution < -0.4 is 11.1 Å². The monoisotopic (exact) mass is 463 g/mol. The summed E-state index contributed by atoms with van der Waals surface area (Å²) >= 11 is 1.41. The first-order valence-electron chi connectivity index (χ1n) is 10.2. The van der Waals surface area contributed by atoms with Crippen molar-refractivity contribution in [1.82, 2.24) is 10.2 Å². The minimum absolute atomic E-state index is 0.165. The van der Waals surface area contributed by atoms with Crippen molar-refractivity contribution < 1.29 is 33.4 Å². The summed E-state index contributed by atoms with van der Waals surface area (Å²) in [6.45, 7) is 5.15. The normalized spacial score (nSPS) is 31.1. The number of ether oxygens (including phenoxy) is 3. The number of fused-ring (bicyclic) bond motifs is 1. The van der Waals surface area contributed by atoms with Crippen molar-refractivity contribution in [3.05, 3.63) is 35.9 Å². The smallest absolute Gasteiger partial charge is 0.460 e. The molecular formula is C21H25N3O7S. The van der Waals surface area contributed by atoms with Gasteiger partial charge in [0.1, 0.15) is 36.2 Å². The standard InChI is InChI=1S/C21H25N3O7S/c1-10-12(31-20(28)30-10)9-29-19(27)15-21(2,3)32-18-14(17(26)24(15)18)23-16(25)13(22)11-7-5-4-6-8-11/h4-8,10,12-15,18H,9,22H2,1-3H3,(H,23,25). The molecule has 10 nitrogen and oxygen atoms in total. The molecule has 6 unspecified atom stereocenters. The maximum absolute atomic E-state index is 12.9. The molecule has 3 N–H and O–H groups in total. The van der Waals surface area contributed by atoms with E-state index >= 15 is 0 Å². The van der Waals surface area contributed by atoms with Crippen LogP contribution in [0.4, 0.5) is 4.79 Å². The third-order valence-corrected chi connectivity index (χ3v) is 7.42. The van der Waals surface area contributed by atoms with Gasteiger partial charge in [-0.3, -0.25) is 9.59 Å². The Balaban J connectivity index is 1.39. The molecule has 1 aromatic carbocycles. The van der Waals surface area contributed by atoms with Crippen LogP contribution >= 0.6 is 11.8 Å². The minimum Gasteiger partial charge on any atom is -0.460 e. The molecule has 0 bridgehead atoms. The number of β-lactam (4-membered cyclic amide) rings is 1. The Kier molecular flexibility index (Phi) is 5.80. The Bertz CT molecular complexity index is 941. The van der Waals surface area contributed by atoms with E-state index in [-0.39, 0.29) is 12.5 Å². The molecule has 0 saturated carbocycles. The van der Waals surface area contributed by atoms with Crippen LogP contribution in [0.2, 0.25) is 0 Å². The van der Waals surface area contributed by atoms with Gasteiger partial charge < -0.3 is 30.2 Å². The molecule has 3 fully saturated rings. The van der Waals surface area contributed by atoms with Crippen LogP contribution in [0.25, 0.3) is 0 Å². The molecule has 0 aromatic heterocycles. The van der Waals surface area contributed by atoms with Gasteiger partial charge in [0, 0.05) is 4.75 Å². The molecule has 6 atom stereocenters. The van der Waals surface area contributed by atoms with E-state index in [4.69, 9.17) is 19.9 Å². The molecule has 3 aliphatic rings. The number of rotatable bonds is 6. The summed E-state index contributed by atoms with van der Waals surface area (Å²) in [7, 11) is 0. The van der Waals surface area contributed by atoms with Gasteiger partial charge in [-0.1, -0.05) is 30.3 Å². The minimum atomic E-state index is -0.906. The van der Waals surface area contributed by atoms with E-state index in [0.717, 1.165) is 0 Å². The van der Waals surface area contributed by atoms with Gasteiger partial charge in [-0.25, -0.2) is 9.59 Å². The number of thioether (sulfide) groups is 1. The SMILES string of the molecule is CC1OC(=O)OC1COC(=O)C1N2C(=O)C(NC(=O)C(N)c3ccccc3)C2SC1(C)C. The lowest BCUT2D eigenvalue weighted by atomic mass is 9.95. The van der Waals surface area contributed by atoms with Crippen LogP contribution in [0.3, 0.4) is 0 Å². The number of benzene rings is 1. The first-order chi connectivity index (χ1) is 15.1. The van der Waals surface area contributed by atoms with Crippen LogP contribution in [0.5, 0.6) is 0 Å². The van der Waals surface area contributed by atoms with Crippen molar-refractivity contribution >= 4 is 35.7 Å². The number of nitrogens with zero attached hydrogens (tertiary/aromatic N) is 1. The number of carbonyl (C=O) groups is 4. The molecular weight excluding hydrogens is 438 g/mol. The third-order valence-electron chi connectivity index (χ3n) is 5.85. The number of nitrogens with one attached hydrogen (secondary N) is 1. The van der Waals surface area contributed by atoms with Crippen molar-refractivity contribution in [3.63, 3.8) is 0 Å². The fourth-order valence-corrected chi connectivity index (χ4v) is 5.69. The highest BCUT2D eigenvalue weighted by Crippen LogP contribution is 2.51. The largest absolute Gasteiger partial charge is 0.509 e. The predicted molar refractivity (Wildman–Crippen MR) is 113 cm³/mol. The lowest BCUT2D eigenvalue weighted by Crippen LogP contribution is -2.71. The van der Waals surface area contributed by atoms with Gasteiger partial charge in [-0.15, -0.1) is 11.8 Å². The highest BCUT2D eigenvalue weighted by atomic mass is 32.2. The zero-order chi connectivity index (χ0) is 23.2. The second kappa shape index (κ2) is 8.28. The number of nitrogens with two attached hydrogens (primary N) is 1. The highest BCUT2D eigenvalue weighted by molar-refractivity contribution is 8.01. The lowest BCUT2D eigenvalue weighted by Gasteiger charge is -2.44. The van der Waals surface area contributed by atoms with E-state index in [1.165, 1.54) is 16.7 Å². The van der Waals surface area contributed by atoms with Crippen molar-refractivity contribution in [2.24, 2.45) is 5.73 Å². The summed E-state index contributed by atoms with van der Waals surface area (Å²) in [5.41, 5.74) is 6.67. The fourth-order valence-electron chi connectivity index (χ4n) is 4.07.